The number of esters is 1. The van der Waals surface area contributed by atoms with Crippen LogP contribution in [0.15, 0.2) is 35.2 Å². The summed E-state index contributed by atoms with van der Waals surface area (Å²) in [6.07, 6.45) is 0.473. The minimum atomic E-state index is -0.111. The van der Waals surface area contributed by atoms with Gasteiger partial charge >= 0.3 is 5.97 Å². The number of carbonyl (C=O) groups excluding carboxylic acids is 1. The Morgan fingerprint density at radius 1 is 1.28 bits per heavy atom. The van der Waals surface area contributed by atoms with Gasteiger partial charge in [0.2, 0.25) is 0 Å². The van der Waals surface area contributed by atoms with Crippen molar-refractivity contribution in [2.45, 2.75) is 18.2 Å². The molecule has 0 aliphatic rings. The number of benzene rings is 1. The van der Waals surface area contributed by atoms with Crippen molar-refractivity contribution in [3.8, 4) is 0 Å². The topological polar surface area (TPSA) is 29.5 Å². The average molecular weight is 267 g/mol. The van der Waals surface area contributed by atoms with Gasteiger partial charge in [-0.05, 0) is 26.1 Å². The SMILES string of the molecule is CCOC(=O)CCN(C)CCSc1ccccc1. The molecule has 100 valence electrons. The zero-order valence-electron chi connectivity index (χ0n) is 11.1. The van der Waals surface area contributed by atoms with Crippen molar-refractivity contribution in [2.75, 3.05) is 32.5 Å². The van der Waals surface area contributed by atoms with E-state index in [0.29, 0.717) is 13.0 Å². The van der Waals surface area contributed by atoms with Crippen LogP contribution in [0.3, 0.4) is 0 Å². The molecule has 0 saturated heterocycles. The summed E-state index contributed by atoms with van der Waals surface area (Å²) in [6.45, 7) is 4.03. The van der Waals surface area contributed by atoms with Gasteiger partial charge in [0.25, 0.3) is 0 Å². The summed E-state index contributed by atoms with van der Waals surface area (Å²) in [4.78, 5) is 14.6. The molecule has 0 atom stereocenters. The fourth-order valence-corrected chi connectivity index (χ4v) is 2.45. The first-order chi connectivity index (χ1) is 8.72. The van der Waals surface area contributed by atoms with E-state index in [2.05, 4.69) is 17.0 Å². The number of nitrogens with zero attached hydrogens (tertiary/aromatic N) is 1. The zero-order chi connectivity index (χ0) is 13.2. The summed E-state index contributed by atoms with van der Waals surface area (Å²) in [5, 5.41) is 0. The second-order valence-electron chi connectivity index (χ2n) is 4.02. The van der Waals surface area contributed by atoms with Gasteiger partial charge in [-0.15, -0.1) is 11.8 Å². The van der Waals surface area contributed by atoms with Gasteiger partial charge in [0.05, 0.1) is 13.0 Å². The lowest BCUT2D eigenvalue weighted by Gasteiger charge is -2.15. The highest BCUT2D eigenvalue weighted by atomic mass is 32.2. The van der Waals surface area contributed by atoms with Crippen LogP contribution in [0.2, 0.25) is 0 Å². The molecule has 1 rings (SSSR count). The Kier molecular flexibility index (Phi) is 7.53. The van der Waals surface area contributed by atoms with E-state index in [-0.39, 0.29) is 5.97 Å². The van der Waals surface area contributed by atoms with Crippen LogP contribution in [0.1, 0.15) is 13.3 Å². The molecule has 0 aromatic heterocycles. The van der Waals surface area contributed by atoms with E-state index >= 15 is 0 Å². The number of hydrogen-bond acceptors (Lipinski definition) is 4. The van der Waals surface area contributed by atoms with Crippen LogP contribution in [0.4, 0.5) is 0 Å². The molecule has 0 radical (unpaired) electrons. The van der Waals surface area contributed by atoms with Crippen molar-refractivity contribution < 1.29 is 9.53 Å². The summed E-state index contributed by atoms with van der Waals surface area (Å²) in [6, 6.07) is 10.3. The number of rotatable bonds is 8. The normalized spacial score (nSPS) is 10.6. The van der Waals surface area contributed by atoms with Crippen molar-refractivity contribution in [3.05, 3.63) is 30.3 Å². The van der Waals surface area contributed by atoms with Crippen LogP contribution >= 0.6 is 11.8 Å². The van der Waals surface area contributed by atoms with E-state index in [0.717, 1.165) is 18.8 Å². The van der Waals surface area contributed by atoms with E-state index in [1.54, 1.807) is 0 Å². The standard InChI is InChI=1S/C14H21NO2S/c1-3-17-14(16)9-10-15(2)11-12-18-13-7-5-4-6-8-13/h4-8H,3,9-12H2,1-2H3. The maximum Gasteiger partial charge on any atom is 0.307 e. The Morgan fingerprint density at radius 2 is 2.00 bits per heavy atom. The highest BCUT2D eigenvalue weighted by molar-refractivity contribution is 7.99. The molecule has 0 N–H and O–H groups in total. The predicted octanol–water partition coefficient (Wildman–Crippen LogP) is 2.66. The van der Waals surface area contributed by atoms with Crippen molar-refractivity contribution in [3.63, 3.8) is 0 Å². The van der Waals surface area contributed by atoms with Gasteiger partial charge in [-0.2, -0.15) is 0 Å². The van der Waals surface area contributed by atoms with E-state index < -0.39 is 0 Å². The van der Waals surface area contributed by atoms with Crippen LogP contribution in [0.5, 0.6) is 0 Å². The smallest absolute Gasteiger partial charge is 0.307 e. The molecule has 0 heterocycles. The third kappa shape index (κ3) is 6.67. The monoisotopic (exact) mass is 267 g/mol. The molecular weight excluding hydrogens is 246 g/mol. The van der Waals surface area contributed by atoms with E-state index in [4.69, 9.17) is 4.74 Å². The molecule has 0 aliphatic carbocycles. The molecule has 0 spiro atoms. The van der Waals surface area contributed by atoms with Gasteiger partial charge in [-0.3, -0.25) is 4.79 Å². The second kappa shape index (κ2) is 9.00. The fourth-order valence-electron chi connectivity index (χ4n) is 1.46. The third-order valence-corrected chi connectivity index (χ3v) is 3.48. The van der Waals surface area contributed by atoms with Crippen molar-refractivity contribution >= 4 is 17.7 Å². The number of hydrogen-bond donors (Lipinski definition) is 0. The maximum atomic E-state index is 11.2. The lowest BCUT2D eigenvalue weighted by atomic mass is 10.4. The highest BCUT2D eigenvalue weighted by Gasteiger charge is 2.04. The minimum Gasteiger partial charge on any atom is -0.466 e. The Balaban J connectivity index is 2.10. The summed E-state index contributed by atoms with van der Waals surface area (Å²) >= 11 is 1.84. The second-order valence-corrected chi connectivity index (χ2v) is 5.19. The number of carbonyl (C=O) groups is 1. The predicted molar refractivity (Wildman–Crippen MR) is 75.9 cm³/mol. The summed E-state index contributed by atoms with van der Waals surface area (Å²) in [7, 11) is 2.03. The number of thioether (sulfide) groups is 1. The molecule has 18 heavy (non-hydrogen) atoms. The van der Waals surface area contributed by atoms with E-state index in [1.165, 1.54) is 4.90 Å². The quantitative estimate of drug-likeness (QED) is 0.535. The maximum absolute atomic E-state index is 11.2. The molecule has 1 aromatic carbocycles. The Morgan fingerprint density at radius 3 is 2.67 bits per heavy atom. The zero-order valence-corrected chi connectivity index (χ0v) is 11.9. The third-order valence-electron chi connectivity index (χ3n) is 2.49. The van der Waals surface area contributed by atoms with Crippen LogP contribution < -0.4 is 0 Å². The first-order valence-corrected chi connectivity index (χ1v) is 7.23. The number of ether oxygens (including phenoxy) is 1. The molecular formula is C14H21NO2S. The Bertz CT molecular complexity index is 343. The molecule has 0 bridgehead atoms. The summed E-state index contributed by atoms with van der Waals surface area (Å²) in [5.41, 5.74) is 0. The van der Waals surface area contributed by atoms with Crippen LogP contribution in [-0.4, -0.2) is 43.4 Å². The van der Waals surface area contributed by atoms with Crippen molar-refractivity contribution in [1.29, 1.82) is 0 Å². The van der Waals surface area contributed by atoms with Crippen LogP contribution in [0.25, 0.3) is 0 Å². The summed E-state index contributed by atoms with van der Waals surface area (Å²) in [5.74, 6) is 0.920. The van der Waals surface area contributed by atoms with Crippen molar-refractivity contribution in [2.24, 2.45) is 0 Å². The van der Waals surface area contributed by atoms with Gasteiger partial charge in [0, 0.05) is 23.7 Å². The lowest BCUT2D eigenvalue weighted by molar-refractivity contribution is -0.143. The van der Waals surface area contributed by atoms with Gasteiger partial charge in [0.15, 0.2) is 0 Å². The molecule has 3 nitrogen and oxygen atoms in total. The van der Waals surface area contributed by atoms with Gasteiger partial charge in [-0.1, -0.05) is 18.2 Å². The van der Waals surface area contributed by atoms with Crippen LogP contribution in [-0.2, 0) is 9.53 Å². The first-order valence-electron chi connectivity index (χ1n) is 6.24. The van der Waals surface area contributed by atoms with Gasteiger partial charge in [-0.25, -0.2) is 0 Å². The molecule has 0 unspecified atom stereocenters. The average Bonchev–Trinajstić information content (AvgIpc) is 2.38. The molecule has 4 heteroatoms. The van der Waals surface area contributed by atoms with Gasteiger partial charge < -0.3 is 9.64 Å². The lowest BCUT2D eigenvalue weighted by Crippen LogP contribution is -2.24. The van der Waals surface area contributed by atoms with Gasteiger partial charge in [0.1, 0.15) is 0 Å². The molecule has 0 fully saturated rings. The Hall–Kier alpha value is -1.00. The molecule has 0 aliphatic heterocycles. The van der Waals surface area contributed by atoms with Crippen molar-refractivity contribution in [1.82, 2.24) is 4.90 Å². The van der Waals surface area contributed by atoms with Crippen LogP contribution in [0, 0.1) is 0 Å². The largest absolute Gasteiger partial charge is 0.466 e. The first kappa shape index (κ1) is 15.1. The summed E-state index contributed by atoms with van der Waals surface area (Å²) < 4.78 is 4.90. The molecule has 0 saturated carbocycles. The molecule has 0 amide bonds. The fraction of sp³-hybridized carbons (Fsp3) is 0.500. The minimum absolute atomic E-state index is 0.111. The van der Waals surface area contributed by atoms with E-state index in [9.17, 15) is 4.79 Å². The van der Waals surface area contributed by atoms with E-state index in [1.807, 2.05) is 43.9 Å². The molecule has 1 aromatic rings. The highest BCUT2D eigenvalue weighted by Crippen LogP contribution is 2.16. The Labute approximate surface area is 114 Å².